The van der Waals surface area contributed by atoms with Crippen molar-refractivity contribution in [2.75, 3.05) is 13.1 Å². The highest BCUT2D eigenvalue weighted by Crippen LogP contribution is 2.23. The fraction of sp³-hybridized carbons (Fsp3) is 0.417. The molecule has 1 N–H and O–H groups in total. The molecule has 4 rings (SSSR count). The monoisotopic (exact) mass is 419 g/mol. The number of rotatable bonds is 6. The molecule has 0 saturated carbocycles. The van der Waals surface area contributed by atoms with E-state index >= 15 is 0 Å². The number of hydrogen-bond acceptors (Lipinski definition) is 5. The highest BCUT2D eigenvalue weighted by molar-refractivity contribution is 5.78. The number of carbonyl (C=O) groups is 1. The van der Waals surface area contributed by atoms with E-state index in [9.17, 15) is 9.59 Å². The largest absolute Gasteiger partial charge is 0.350 e. The molecule has 2 aromatic carbocycles. The van der Waals surface area contributed by atoms with Gasteiger partial charge < -0.3 is 5.32 Å². The van der Waals surface area contributed by atoms with Gasteiger partial charge in [-0.25, -0.2) is 4.68 Å². The molecule has 1 saturated heterocycles. The van der Waals surface area contributed by atoms with Crippen molar-refractivity contribution in [1.29, 1.82) is 0 Å². The second-order valence-corrected chi connectivity index (χ2v) is 8.75. The lowest BCUT2D eigenvalue weighted by atomic mass is 9.91. The second kappa shape index (κ2) is 9.39. The third-order valence-corrected chi connectivity index (χ3v) is 5.86. The number of likely N-dealkylation sites (tertiary alicyclic amines) is 1. The molecule has 7 heteroatoms. The highest BCUT2D eigenvalue weighted by atomic mass is 16.2. The summed E-state index contributed by atoms with van der Waals surface area (Å²) in [4.78, 5) is 27.6. The number of benzene rings is 2. The summed E-state index contributed by atoms with van der Waals surface area (Å²) in [5, 5.41) is 11.3. The zero-order valence-corrected chi connectivity index (χ0v) is 18.1. The lowest BCUT2D eigenvalue weighted by Gasteiger charge is -2.35. The molecule has 0 spiro atoms. The fourth-order valence-electron chi connectivity index (χ4n) is 4.56. The Labute approximate surface area is 182 Å². The van der Waals surface area contributed by atoms with E-state index in [4.69, 9.17) is 0 Å². The minimum Gasteiger partial charge on any atom is -0.350 e. The van der Waals surface area contributed by atoms with Crippen LogP contribution in [0.3, 0.4) is 0 Å². The van der Waals surface area contributed by atoms with Gasteiger partial charge in [0.05, 0.1) is 5.39 Å². The Morgan fingerprint density at radius 1 is 1.03 bits per heavy atom. The average molecular weight is 420 g/mol. The van der Waals surface area contributed by atoms with Gasteiger partial charge in [0.1, 0.15) is 12.1 Å². The normalized spacial score (nSPS) is 19.4. The first-order chi connectivity index (χ1) is 15.0. The van der Waals surface area contributed by atoms with Crippen molar-refractivity contribution in [2.45, 2.75) is 39.9 Å². The maximum atomic E-state index is 12.5. The Kier molecular flexibility index (Phi) is 6.42. The Balaban J connectivity index is 1.40. The molecule has 2 heterocycles. The molecule has 0 unspecified atom stereocenters. The van der Waals surface area contributed by atoms with E-state index in [1.54, 1.807) is 24.3 Å². The van der Waals surface area contributed by atoms with Crippen molar-refractivity contribution in [2.24, 2.45) is 11.8 Å². The van der Waals surface area contributed by atoms with Gasteiger partial charge in [-0.3, -0.25) is 14.5 Å². The van der Waals surface area contributed by atoms with Crippen LogP contribution in [-0.2, 0) is 24.4 Å². The Bertz CT molecular complexity index is 1120. The van der Waals surface area contributed by atoms with E-state index in [0.29, 0.717) is 29.3 Å². The second-order valence-electron chi connectivity index (χ2n) is 8.75. The van der Waals surface area contributed by atoms with Crippen molar-refractivity contribution in [3.8, 4) is 0 Å². The molecule has 3 aromatic rings. The van der Waals surface area contributed by atoms with Crippen LogP contribution in [0.15, 0.2) is 53.3 Å². The smallest absolute Gasteiger partial charge is 0.278 e. The molecule has 1 aromatic heterocycles. The summed E-state index contributed by atoms with van der Waals surface area (Å²) in [5.41, 5.74) is 2.54. The van der Waals surface area contributed by atoms with Crippen LogP contribution in [0.4, 0.5) is 0 Å². The number of aromatic nitrogens is 3. The topological polar surface area (TPSA) is 80.1 Å². The van der Waals surface area contributed by atoms with E-state index in [-0.39, 0.29) is 18.0 Å². The van der Waals surface area contributed by atoms with Gasteiger partial charge in [0.15, 0.2) is 0 Å². The van der Waals surface area contributed by atoms with Crippen molar-refractivity contribution in [3.63, 3.8) is 0 Å². The van der Waals surface area contributed by atoms with E-state index in [0.717, 1.165) is 29.9 Å². The SMILES string of the molecule is C[C@@H]1C[C@@H](C)CN(Cc2ccccc2CNC(=O)Cn2nnc3ccccc3c2=O)C1. The van der Waals surface area contributed by atoms with Crippen molar-refractivity contribution in [1.82, 2.24) is 25.2 Å². The Hall–Kier alpha value is -3.06. The number of piperidine rings is 1. The molecule has 0 bridgehead atoms. The minimum atomic E-state index is -0.311. The van der Waals surface area contributed by atoms with Crippen LogP contribution < -0.4 is 10.9 Å². The van der Waals surface area contributed by atoms with E-state index in [1.807, 2.05) is 12.1 Å². The third-order valence-electron chi connectivity index (χ3n) is 5.86. The summed E-state index contributed by atoms with van der Waals surface area (Å²) in [5.74, 6) is 1.15. The molecule has 2 atom stereocenters. The van der Waals surface area contributed by atoms with E-state index in [2.05, 4.69) is 46.5 Å². The number of fused-ring (bicyclic) bond motifs is 1. The van der Waals surface area contributed by atoms with Crippen molar-refractivity contribution in [3.05, 3.63) is 70.0 Å². The predicted molar refractivity (Wildman–Crippen MR) is 120 cm³/mol. The van der Waals surface area contributed by atoms with Crippen LogP contribution in [0.1, 0.15) is 31.4 Å². The molecular formula is C24H29N5O2. The fourth-order valence-corrected chi connectivity index (χ4v) is 4.56. The first-order valence-corrected chi connectivity index (χ1v) is 10.9. The van der Waals surface area contributed by atoms with Crippen LogP contribution >= 0.6 is 0 Å². The zero-order chi connectivity index (χ0) is 21.8. The van der Waals surface area contributed by atoms with Gasteiger partial charge in [-0.2, -0.15) is 0 Å². The standard InChI is InChI=1S/C24H29N5O2/c1-17-11-18(2)14-28(13-17)15-20-8-4-3-7-19(20)12-25-23(30)16-29-24(31)21-9-5-6-10-22(21)26-27-29/h3-10,17-18H,11-16H2,1-2H3,(H,25,30)/t17-,18-/m1/s1. The molecule has 162 valence electrons. The number of nitrogens with one attached hydrogen (secondary N) is 1. The summed E-state index contributed by atoms with van der Waals surface area (Å²) in [6.07, 6.45) is 1.28. The maximum Gasteiger partial charge on any atom is 0.278 e. The van der Waals surface area contributed by atoms with E-state index < -0.39 is 0 Å². The highest BCUT2D eigenvalue weighted by Gasteiger charge is 2.22. The van der Waals surface area contributed by atoms with Gasteiger partial charge in [-0.05, 0) is 41.5 Å². The quantitative estimate of drug-likeness (QED) is 0.664. The number of nitrogens with zero attached hydrogens (tertiary/aromatic N) is 4. The summed E-state index contributed by atoms with van der Waals surface area (Å²) in [6, 6.07) is 15.2. The number of amides is 1. The molecule has 1 aliphatic rings. The molecule has 0 radical (unpaired) electrons. The van der Waals surface area contributed by atoms with Gasteiger partial charge in [-0.15, -0.1) is 5.10 Å². The third kappa shape index (κ3) is 5.17. The summed E-state index contributed by atoms with van der Waals surface area (Å²) in [6.45, 7) is 7.99. The lowest BCUT2D eigenvalue weighted by molar-refractivity contribution is -0.122. The first kappa shape index (κ1) is 21.2. The molecule has 7 nitrogen and oxygen atoms in total. The van der Waals surface area contributed by atoms with Gasteiger partial charge in [0, 0.05) is 26.2 Å². The Morgan fingerprint density at radius 2 is 1.71 bits per heavy atom. The van der Waals surface area contributed by atoms with Crippen LogP contribution in [0.2, 0.25) is 0 Å². The molecular weight excluding hydrogens is 390 g/mol. The van der Waals surface area contributed by atoms with Gasteiger partial charge >= 0.3 is 0 Å². The predicted octanol–water partition coefficient (Wildman–Crippen LogP) is 2.59. The van der Waals surface area contributed by atoms with Crippen molar-refractivity contribution >= 4 is 16.8 Å². The number of hydrogen-bond donors (Lipinski definition) is 1. The van der Waals surface area contributed by atoms with Crippen LogP contribution in [0.5, 0.6) is 0 Å². The molecule has 1 aliphatic heterocycles. The molecule has 1 amide bonds. The first-order valence-electron chi connectivity index (χ1n) is 10.9. The Morgan fingerprint density at radius 3 is 2.48 bits per heavy atom. The van der Waals surface area contributed by atoms with Crippen LogP contribution in [0.25, 0.3) is 10.9 Å². The van der Waals surface area contributed by atoms with Gasteiger partial charge in [-0.1, -0.05) is 55.5 Å². The summed E-state index contributed by atoms with van der Waals surface area (Å²) < 4.78 is 1.11. The van der Waals surface area contributed by atoms with Gasteiger partial charge in [0.25, 0.3) is 5.56 Å². The number of carbonyl (C=O) groups excluding carboxylic acids is 1. The van der Waals surface area contributed by atoms with Gasteiger partial charge in [0.2, 0.25) is 5.91 Å². The van der Waals surface area contributed by atoms with Crippen LogP contribution in [0, 0.1) is 11.8 Å². The summed E-state index contributed by atoms with van der Waals surface area (Å²) in [7, 11) is 0. The summed E-state index contributed by atoms with van der Waals surface area (Å²) >= 11 is 0. The molecule has 1 fully saturated rings. The molecule has 31 heavy (non-hydrogen) atoms. The molecule has 0 aliphatic carbocycles. The zero-order valence-electron chi connectivity index (χ0n) is 18.1. The minimum absolute atomic E-state index is 0.153. The van der Waals surface area contributed by atoms with E-state index in [1.165, 1.54) is 12.0 Å². The maximum absolute atomic E-state index is 12.5. The van der Waals surface area contributed by atoms with Crippen LogP contribution in [-0.4, -0.2) is 38.9 Å². The lowest BCUT2D eigenvalue weighted by Crippen LogP contribution is -2.38. The average Bonchev–Trinajstić information content (AvgIpc) is 2.74. The van der Waals surface area contributed by atoms with Crippen molar-refractivity contribution < 1.29 is 4.79 Å².